The Bertz CT molecular complexity index is 957. The second-order valence-electron chi connectivity index (χ2n) is 6.30. The van der Waals surface area contributed by atoms with Crippen LogP contribution in [0.25, 0.3) is 0 Å². The van der Waals surface area contributed by atoms with Crippen molar-refractivity contribution < 1.29 is 38.4 Å². The van der Waals surface area contributed by atoms with E-state index in [2.05, 4.69) is 5.32 Å². The van der Waals surface area contributed by atoms with Crippen LogP contribution in [0.15, 0.2) is 101 Å². The number of methoxy groups -OCH3 is 1. The molecule has 2 N–H and O–H groups in total. The van der Waals surface area contributed by atoms with Crippen molar-refractivity contribution in [3.05, 3.63) is 101 Å². The van der Waals surface area contributed by atoms with Crippen LogP contribution in [-0.4, -0.2) is 17.9 Å². The van der Waals surface area contributed by atoms with Crippen molar-refractivity contribution in [2.75, 3.05) is 7.11 Å². The Morgan fingerprint density at radius 2 is 1.12 bits per heavy atom. The number of hydrogen-bond acceptors (Lipinski definition) is 6. The summed E-state index contributed by atoms with van der Waals surface area (Å²) >= 11 is 12.8. The Labute approximate surface area is 203 Å². The number of amides is 1. The summed E-state index contributed by atoms with van der Waals surface area (Å²) in [5.74, 6) is 0. The molecule has 0 spiro atoms. The van der Waals surface area contributed by atoms with Crippen LogP contribution in [0.5, 0.6) is 0 Å². The van der Waals surface area contributed by atoms with Crippen LogP contribution in [0.4, 0.5) is 4.79 Å². The van der Waals surface area contributed by atoms with Gasteiger partial charge in [-0.25, -0.2) is 4.79 Å². The molecule has 174 valence electrons. The fraction of sp³-hybridized carbons (Fsp3) is 0.0455. The summed E-state index contributed by atoms with van der Waals surface area (Å²) in [4.78, 5) is 12.2. The first-order chi connectivity index (χ1) is 15.6. The van der Waals surface area contributed by atoms with Gasteiger partial charge in [-0.15, -0.1) is 0 Å². The highest BCUT2D eigenvalue weighted by Crippen LogP contribution is 2.62. The fourth-order valence-electron chi connectivity index (χ4n) is 3.19. The quantitative estimate of drug-likeness (QED) is 0.469. The van der Waals surface area contributed by atoms with Gasteiger partial charge in [-0.2, -0.15) is 14.0 Å². The second-order valence-corrected chi connectivity index (χ2v) is 11.4. The third-order valence-electron chi connectivity index (χ3n) is 4.35. The summed E-state index contributed by atoms with van der Waals surface area (Å²) in [6, 6.07) is 29.8. The maximum absolute atomic E-state index is 12.2. The Balaban J connectivity index is 0.000000696. The molecule has 3 aromatic rings. The minimum atomic E-state index is -4.69. The Kier molecular flexibility index (Phi) is 10.1. The Morgan fingerprint density at radius 1 is 0.818 bits per heavy atom. The van der Waals surface area contributed by atoms with Gasteiger partial charge in [0.15, 0.2) is 11.8 Å². The van der Waals surface area contributed by atoms with E-state index in [0.717, 1.165) is 15.9 Å². The highest BCUT2D eigenvalue weighted by Gasteiger charge is 2.52. The van der Waals surface area contributed by atoms with Gasteiger partial charge in [0.05, 0.1) is 22.0 Å². The van der Waals surface area contributed by atoms with E-state index in [1.807, 2.05) is 91.0 Å². The maximum Gasteiger partial charge on any atom is 0.413 e. The number of benzene rings is 3. The van der Waals surface area contributed by atoms with Crippen molar-refractivity contribution in [3.8, 4) is 0 Å². The lowest BCUT2D eigenvalue weighted by atomic mass is 10.4. The highest BCUT2D eigenvalue weighted by atomic mass is 35.7. The molecule has 7 nitrogen and oxygen atoms in total. The van der Waals surface area contributed by atoms with Gasteiger partial charge in [-0.05, 0) is 36.4 Å². The van der Waals surface area contributed by atoms with Crippen LogP contribution in [0.1, 0.15) is 0 Å². The second kappa shape index (κ2) is 12.3. The Hall–Kier alpha value is -2.19. The third kappa shape index (κ3) is 7.40. The predicted molar refractivity (Wildman–Crippen MR) is 122 cm³/mol. The van der Waals surface area contributed by atoms with Gasteiger partial charge >= 0.3 is 6.09 Å². The standard InChI is InChI=1S/C22H18Cl2NO2P.ClHO4/c1-27-22(26)25-21(20(23)24)28(17-11-5-2-6-12-17,18-13-7-3-8-14-18)19-15-9-4-10-16-19;2-1(3,4)5/h2-16H,1H3;(H,2,3,4,5)/p+1. The normalized spacial score (nSPS) is 11.0. The molecule has 0 saturated carbocycles. The third-order valence-corrected chi connectivity index (χ3v) is 9.22. The van der Waals surface area contributed by atoms with Gasteiger partial charge in [0, 0.05) is 0 Å². The van der Waals surface area contributed by atoms with Crippen LogP contribution in [-0.2, 0) is 4.74 Å². The lowest BCUT2D eigenvalue weighted by Gasteiger charge is -2.29. The van der Waals surface area contributed by atoms with E-state index in [1.165, 1.54) is 7.11 Å². The van der Waals surface area contributed by atoms with E-state index >= 15 is 0 Å². The zero-order valence-corrected chi connectivity index (χ0v) is 20.4. The first-order valence-electron chi connectivity index (χ1n) is 9.20. The molecule has 0 fully saturated rings. The van der Waals surface area contributed by atoms with Crippen molar-refractivity contribution in [2.45, 2.75) is 0 Å². The van der Waals surface area contributed by atoms with E-state index in [0.29, 0.717) is 5.44 Å². The molecule has 3 aromatic carbocycles. The predicted octanol–water partition coefficient (Wildman–Crippen LogP) is 0.817. The van der Waals surface area contributed by atoms with Crippen LogP contribution < -0.4 is 35.2 Å². The molecule has 0 unspecified atom stereocenters. The Morgan fingerprint density at radius 3 is 1.36 bits per heavy atom. The molecule has 0 bridgehead atoms. The van der Waals surface area contributed by atoms with Gasteiger partial charge in [0.1, 0.15) is 15.9 Å². The van der Waals surface area contributed by atoms with Crippen LogP contribution in [0.3, 0.4) is 0 Å². The van der Waals surface area contributed by atoms with Gasteiger partial charge in [0.25, 0.3) is 0 Å². The molecule has 0 radical (unpaired) electrons. The van der Waals surface area contributed by atoms with E-state index in [1.54, 1.807) is 0 Å². The number of carbonyl (C=O) groups excluding carboxylic acids is 1. The summed E-state index contributed by atoms with van der Waals surface area (Å²) < 4.78 is 37.6. The van der Waals surface area contributed by atoms with Gasteiger partial charge in [0.2, 0.25) is 5.44 Å². The molecule has 0 heterocycles. The highest BCUT2D eigenvalue weighted by molar-refractivity contribution is 7.99. The first kappa shape index (κ1) is 27.1. The monoisotopic (exact) mass is 530 g/mol. The topological polar surface area (TPSA) is 128 Å². The molecule has 0 aliphatic rings. The van der Waals surface area contributed by atoms with Crippen LogP contribution >= 0.6 is 30.5 Å². The zero-order chi connectivity index (χ0) is 24.5. The van der Waals surface area contributed by atoms with Gasteiger partial charge in [-0.3, -0.25) is 5.32 Å². The number of rotatable bonds is 5. The van der Waals surface area contributed by atoms with E-state index in [-0.39, 0.29) is 4.49 Å². The van der Waals surface area contributed by atoms with Crippen molar-refractivity contribution in [3.63, 3.8) is 0 Å². The number of carbonyl (C=O) groups is 1. The lowest BCUT2D eigenvalue weighted by molar-refractivity contribution is -1.92. The molecule has 3 rings (SSSR count). The summed E-state index contributed by atoms with van der Waals surface area (Å²) in [7, 11) is -5.97. The summed E-state index contributed by atoms with van der Waals surface area (Å²) in [6.07, 6.45) is -0.624. The van der Waals surface area contributed by atoms with E-state index < -0.39 is 23.6 Å². The van der Waals surface area contributed by atoms with Crippen molar-refractivity contribution >= 4 is 52.5 Å². The lowest BCUT2D eigenvalue weighted by Crippen LogP contribution is -2.58. The molecule has 0 aromatic heterocycles. The summed E-state index contributed by atoms with van der Waals surface area (Å²) in [6.45, 7) is 0. The van der Waals surface area contributed by atoms with Gasteiger partial charge < -0.3 is 4.74 Å². The fourth-order valence-corrected chi connectivity index (χ4v) is 8.09. The van der Waals surface area contributed by atoms with Gasteiger partial charge in [-0.1, -0.05) is 77.8 Å². The minimum Gasteiger partial charge on any atom is -0.453 e. The molecule has 33 heavy (non-hydrogen) atoms. The summed E-state index contributed by atoms with van der Waals surface area (Å²) in [5, 5.41) is 5.84. The average molecular weight is 532 g/mol. The number of nitrogens with one attached hydrogen (secondary N) is 1. The average Bonchev–Trinajstić information content (AvgIpc) is 2.79. The number of halogens is 3. The molecule has 11 heteroatoms. The van der Waals surface area contributed by atoms with Crippen LogP contribution in [0, 0.1) is 10.2 Å². The van der Waals surface area contributed by atoms with Crippen molar-refractivity contribution in [1.82, 2.24) is 5.32 Å². The first-order valence-corrected chi connectivity index (χ1v) is 13.0. The zero-order valence-electron chi connectivity index (χ0n) is 17.2. The number of alkyl carbamates (subject to hydrolysis) is 1. The number of ether oxygens (including phenoxy) is 1. The van der Waals surface area contributed by atoms with Crippen LogP contribution in [0.2, 0.25) is 0 Å². The molecule has 1 amide bonds. The van der Waals surface area contributed by atoms with Crippen molar-refractivity contribution in [1.29, 1.82) is 0 Å². The van der Waals surface area contributed by atoms with Crippen molar-refractivity contribution in [2.24, 2.45) is 0 Å². The largest absolute Gasteiger partial charge is 0.453 e. The van der Waals surface area contributed by atoms with E-state index in [9.17, 15) is 4.79 Å². The number of hydrogen-bond donors (Lipinski definition) is 2. The molecule has 0 aliphatic carbocycles. The summed E-state index contributed by atoms with van der Waals surface area (Å²) in [5.41, 5.74) is 0.436. The smallest absolute Gasteiger partial charge is 0.413 e. The molecule has 0 atom stereocenters. The molecule has 0 saturated heterocycles. The minimum absolute atomic E-state index is 0.00436. The maximum atomic E-state index is 12.2. The molecular formula is C22H20Cl3NO6P+. The SMILES string of the molecule is COC(=O)NC(=C(Cl)Cl)[P+](c1ccccc1)(c1ccccc1)c1ccccc1.[O-][Cl+3]([O-])([O-])O. The van der Waals surface area contributed by atoms with E-state index in [4.69, 9.17) is 46.6 Å². The molecular weight excluding hydrogens is 512 g/mol. The molecule has 0 aliphatic heterocycles.